The SMILES string of the molecule is COC1C(O)COC(OC2C(OC(CCC(C)C3CC(O)C4C3(C)CCC3C5(C)CCC(O)C(O)C5C(OS(=O)(=O)O)C(O)C34O)C(C)C)OC(CO)C2O)C1O. The van der Waals surface area contributed by atoms with Gasteiger partial charge in [0.15, 0.2) is 12.6 Å². The number of rotatable bonds is 13. The van der Waals surface area contributed by atoms with Gasteiger partial charge in [-0.1, -0.05) is 34.6 Å². The highest BCUT2D eigenvalue weighted by atomic mass is 32.3. The van der Waals surface area contributed by atoms with Crippen LogP contribution < -0.4 is 0 Å². The summed E-state index contributed by atoms with van der Waals surface area (Å²) in [5, 5.41) is 100. The summed E-state index contributed by atoms with van der Waals surface area (Å²) in [5.41, 5.74) is -3.86. The van der Waals surface area contributed by atoms with Crippen LogP contribution in [0.25, 0.3) is 0 Å². The van der Waals surface area contributed by atoms with Crippen LogP contribution in [0.3, 0.4) is 0 Å². The Morgan fingerprint density at radius 3 is 2.11 bits per heavy atom. The monoisotopic (exact) mass is 842 g/mol. The summed E-state index contributed by atoms with van der Waals surface area (Å²) in [7, 11) is -3.86. The molecule has 57 heavy (non-hydrogen) atoms. The molecule has 0 aromatic carbocycles. The molecule has 2 heterocycles. The number of aliphatic hydroxyl groups is 9. The van der Waals surface area contributed by atoms with Crippen molar-refractivity contribution >= 4 is 10.4 Å². The predicted octanol–water partition coefficient (Wildman–Crippen LogP) is -1.15. The van der Waals surface area contributed by atoms with Crippen molar-refractivity contribution in [1.29, 1.82) is 0 Å². The molecule has 0 spiro atoms. The van der Waals surface area contributed by atoms with E-state index in [2.05, 4.69) is 0 Å². The summed E-state index contributed by atoms with van der Waals surface area (Å²) in [6.07, 6.45) is -14.9. The molecule has 6 aliphatic rings. The Labute approximate surface area is 334 Å². The Bertz CT molecular complexity index is 1490. The van der Waals surface area contributed by atoms with Crippen molar-refractivity contribution in [2.45, 2.75) is 171 Å². The summed E-state index contributed by atoms with van der Waals surface area (Å²) in [4.78, 5) is 0. The first-order chi connectivity index (χ1) is 26.5. The zero-order valence-corrected chi connectivity index (χ0v) is 34.4. The quantitative estimate of drug-likeness (QED) is 0.0979. The number of hydrogen-bond acceptors (Lipinski definition) is 17. The van der Waals surface area contributed by atoms with Crippen LogP contribution in [0, 0.1) is 46.3 Å². The second-order valence-electron chi connectivity index (χ2n) is 18.7. The Balaban J connectivity index is 1.19. The van der Waals surface area contributed by atoms with Gasteiger partial charge in [-0.3, -0.25) is 4.55 Å². The second kappa shape index (κ2) is 16.9. The average Bonchev–Trinajstić information content (AvgIpc) is 3.58. The van der Waals surface area contributed by atoms with Crippen LogP contribution in [-0.4, -0.2) is 171 Å². The molecule has 4 saturated carbocycles. The molecule has 18 nitrogen and oxygen atoms in total. The van der Waals surface area contributed by atoms with E-state index >= 15 is 0 Å². The van der Waals surface area contributed by atoms with Gasteiger partial charge in [0.2, 0.25) is 0 Å². The molecule has 0 aromatic rings. The molecule has 4 aliphatic carbocycles. The van der Waals surface area contributed by atoms with E-state index in [1.165, 1.54) is 7.11 Å². The van der Waals surface area contributed by atoms with E-state index in [0.29, 0.717) is 25.7 Å². The summed E-state index contributed by atoms with van der Waals surface area (Å²) in [5.74, 6) is -3.11. The molecule has 0 radical (unpaired) electrons. The van der Waals surface area contributed by atoms with E-state index in [9.17, 15) is 58.9 Å². The van der Waals surface area contributed by atoms with E-state index in [1.54, 1.807) is 6.92 Å². The maximum atomic E-state index is 12.9. The Morgan fingerprint density at radius 2 is 1.49 bits per heavy atom. The summed E-state index contributed by atoms with van der Waals surface area (Å²) >= 11 is 0. The lowest BCUT2D eigenvalue weighted by Crippen LogP contribution is -2.77. The van der Waals surface area contributed by atoms with Crippen LogP contribution >= 0.6 is 0 Å². The van der Waals surface area contributed by atoms with Gasteiger partial charge in [-0.2, -0.15) is 8.42 Å². The lowest BCUT2D eigenvalue weighted by Gasteiger charge is -2.68. The highest BCUT2D eigenvalue weighted by Crippen LogP contribution is 2.70. The second-order valence-corrected chi connectivity index (χ2v) is 19.7. The lowest BCUT2D eigenvalue weighted by molar-refractivity contribution is -0.318. The van der Waals surface area contributed by atoms with Gasteiger partial charge in [0, 0.05) is 18.9 Å². The minimum absolute atomic E-state index is 0.0693. The molecule has 19 heteroatoms. The smallest absolute Gasteiger partial charge is 0.394 e. The van der Waals surface area contributed by atoms with E-state index in [4.69, 9.17) is 27.9 Å². The van der Waals surface area contributed by atoms with Crippen LogP contribution in [0.15, 0.2) is 0 Å². The highest BCUT2D eigenvalue weighted by Gasteiger charge is 2.75. The zero-order valence-electron chi connectivity index (χ0n) is 33.6. The van der Waals surface area contributed by atoms with Crippen LogP contribution in [0.4, 0.5) is 0 Å². The number of aliphatic hydroxyl groups excluding tert-OH is 8. The van der Waals surface area contributed by atoms with Gasteiger partial charge in [0.25, 0.3) is 0 Å². The molecule has 22 unspecified atom stereocenters. The maximum Gasteiger partial charge on any atom is 0.397 e. The van der Waals surface area contributed by atoms with Crippen molar-refractivity contribution in [3.05, 3.63) is 0 Å². The lowest BCUT2D eigenvalue weighted by atomic mass is 9.40. The minimum atomic E-state index is -5.19. The van der Waals surface area contributed by atoms with Gasteiger partial charge < -0.3 is 69.6 Å². The van der Waals surface area contributed by atoms with Crippen LogP contribution in [0.1, 0.15) is 79.6 Å². The van der Waals surface area contributed by atoms with Gasteiger partial charge in [-0.25, -0.2) is 4.18 Å². The first-order valence-corrected chi connectivity index (χ1v) is 21.8. The predicted molar refractivity (Wildman–Crippen MR) is 196 cm³/mol. The summed E-state index contributed by atoms with van der Waals surface area (Å²) in [6, 6.07) is 0. The molecule has 332 valence electrons. The molecule has 2 saturated heterocycles. The fourth-order valence-corrected chi connectivity index (χ4v) is 13.0. The van der Waals surface area contributed by atoms with Gasteiger partial charge in [0.05, 0.1) is 37.6 Å². The van der Waals surface area contributed by atoms with Gasteiger partial charge >= 0.3 is 10.4 Å². The van der Waals surface area contributed by atoms with Crippen LogP contribution in [-0.2, 0) is 38.3 Å². The largest absolute Gasteiger partial charge is 0.397 e. The number of fused-ring (bicyclic) bond motifs is 5. The first kappa shape index (κ1) is 45.8. The van der Waals surface area contributed by atoms with Crippen molar-refractivity contribution in [3.63, 3.8) is 0 Å². The molecule has 6 rings (SSSR count). The van der Waals surface area contributed by atoms with Crippen molar-refractivity contribution in [1.82, 2.24) is 0 Å². The summed E-state index contributed by atoms with van der Waals surface area (Å²) in [6.45, 7) is 8.98. The molecule has 22 atom stereocenters. The fraction of sp³-hybridized carbons (Fsp3) is 1.00. The normalized spacial score (nSPS) is 51.3. The fourth-order valence-electron chi connectivity index (χ4n) is 12.5. The number of hydrogen-bond donors (Lipinski definition) is 10. The molecule has 10 N–H and O–H groups in total. The Morgan fingerprint density at radius 1 is 0.825 bits per heavy atom. The minimum Gasteiger partial charge on any atom is -0.394 e. The zero-order chi connectivity index (χ0) is 42.2. The van der Waals surface area contributed by atoms with Crippen molar-refractivity contribution in [3.8, 4) is 0 Å². The van der Waals surface area contributed by atoms with Crippen LogP contribution in [0.5, 0.6) is 0 Å². The average molecular weight is 843 g/mol. The van der Waals surface area contributed by atoms with Crippen molar-refractivity contribution < 1.29 is 86.8 Å². The van der Waals surface area contributed by atoms with E-state index in [1.807, 2.05) is 27.7 Å². The standard InChI is InChI=1S/C38H66O18S/c1-16(2)22(53-35-31(27(44)23(14-39)54-35)55-34-28(45)29(51-6)21(42)15-52-34)8-7-17(3)18-13-20(41)32-36(18,4)12-10-24-37(5)11-9-19(40)26(43)25(37)30(56-57(48,49)50)33(46)38(24,32)47/h16-35,39-47H,7-15H2,1-6H3,(H,48,49,50). The van der Waals surface area contributed by atoms with Crippen molar-refractivity contribution in [2.24, 2.45) is 46.3 Å². The van der Waals surface area contributed by atoms with Gasteiger partial charge in [0.1, 0.15) is 54.4 Å². The molecular formula is C38H66O18S. The summed E-state index contributed by atoms with van der Waals surface area (Å²) < 4.78 is 68.2. The molecule has 6 fully saturated rings. The van der Waals surface area contributed by atoms with Gasteiger partial charge in [-0.15, -0.1) is 0 Å². The number of methoxy groups -OCH3 is 1. The van der Waals surface area contributed by atoms with Crippen LogP contribution in [0.2, 0.25) is 0 Å². The van der Waals surface area contributed by atoms with E-state index in [0.717, 1.165) is 0 Å². The third-order valence-corrected chi connectivity index (χ3v) is 15.7. The number of ether oxygens (including phenoxy) is 5. The van der Waals surface area contributed by atoms with Crippen molar-refractivity contribution in [2.75, 3.05) is 20.3 Å². The molecule has 0 bridgehead atoms. The molecular weight excluding hydrogens is 776 g/mol. The first-order valence-electron chi connectivity index (χ1n) is 20.4. The van der Waals surface area contributed by atoms with E-state index < -0.39 is 137 Å². The Hall–Kier alpha value is -0.690. The third-order valence-electron chi connectivity index (χ3n) is 15.2. The molecule has 0 amide bonds. The third kappa shape index (κ3) is 7.98. The maximum absolute atomic E-state index is 12.9. The molecule has 2 aliphatic heterocycles. The topological polar surface area (TPSA) is 292 Å². The van der Waals surface area contributed by atoms with E-state index in [-0.39, 0.29) is 43.6 Å². The molecule has 0 aromatic heterocycles. The Kier molecular flexibility index (Phi) is 13.6. The van der Waals surface area contributed by atoms with Gasteiger partial charge in [-0.05, 0) is 79.4 Å². The highest BCUT2D eigenvalue weighted by molar-refractivity contribution is 7.80.